The highest BCUT2D eigenvalue weighted by atomic mass is 32.2. The second-order valence-electron chi connectivity index (χ2n) is 6.51. The monoisotopic (exact) mass is 411 g/mol. The maximum atomic E-state index is 13.1. The van der Waals surface area contributed by atoms with Crippen molar-refractivity contribution in [1.82, 2.24) is 4.57 Å². The van der Waals surface area contributed by atoms with E-state index in [-0.39, 0.29) is 0 Å². The van der Waals surface area contributed by atoms with E-state index in [0.717, 1.165) is 22.7 Å². The molecule has 28 heavy (non-hydrogen) atoms. The van der Waals surface area contributed by atoms with Crippen molar-refractivity contribution < 1.29 is 21.6 Å². The molecule has 9 heteroatoms. The predicted molar refractivity (Wildman–Crippen MR) is 106 cm³/mol. The fourth-order valence-corrected chi connectivity index (χ4v) is 3.72. The topological polar surface area (TPSA) is 68.3 Å². The predicted octanol–water partition coefficient (Wildman–Crippen LogP) is 4.33. The van der Waals surface area contributed by atoms with Gasteiger partial charge in [-0.3, -0.25) is 4.31 Å². The number of halogens is 3. The van der Waals surface area contributed by atoms with Gasteiger partial charge in [0.05, 0.1) is 34.4 Å². The average molecular weight is 411 g/mol. The molecule has 2 N–H and O–H groups in total. The summed E-state index contributed by atoms with van der Waals surface area (Å²) in [5, 5.41) is 0.544. The molecule has 0 fully saturated rings. The molecule has 3 aromatic rings. The van der Waals surface area contributed by atoms with Crippen LogP contribution in [0.1, 0.15) is 12.5 Å². The number of nitrogen functional groups attached to an aromatic ring is 1. The minimum atomic E-state index is -4.44. The van der Waals surface area contributed by atoms with Crippen molar-refractivity contribution in [3.05, 3.63) is 48.0 Å². The number of anilines is 2. The van der Waals surface area contributed by atoms with Crippen LogP contribution < -0.4 is 10.0 Å². The van der Waals surface area contributed by atoms with Gasteiger partial charge in [-0.25, -0.2) is 8.42 Å². The summed E-state index contributed by atoms with van der Waals surface area (Å²) < 4.78 is 65.5. The number of rotatable bonds is 4. The SMILES string of the molecule is CCn1c(-c2ccc(N(C)S(C)(=O)=O)cc2)c(N)c2ccc(C(F)(F)F)cc21. The summed E-state index contributed by atoms with van der Waals surface area (Å²) in [6.07, 6.45) is -3.34. The molecule has 0 saturated heterocycles. The molecule has 0 bridgehead atoms. The first-order chi connectivity index (χ1) is 12.9. The molecule has 1 aromatic heterocycles. The van der Waals surface area contributed by atoms with E-state index in [0.29, 0.717) is 40.1 Å². The Hall–Kier alpha value is -2.68. The summed E-state index contributed by atoms with van der Waals surface area (Å²) >= 11 is 0. The number of alkyl halides is 3. The highest BCUT2D eigenvalue weighted by Gasteiger charge is 2.31. The minimum Gasteiger partial charge on any atom is -0.396 e. The van der Waals surface area contributed by atoms with E-state index in [1.54, 1.807) is 28.8 Å². The molecule has 5 nitrogen and oxygen atoms in total. The van der Waals surface area contributed by atoms with E-state index in [1.807, 2.05) is 6.92 Å². The van der Waals surface area contributed by atoms with Gasteiger partial charge in [0.2, 0.25) is 10.0 Å². The molecule has 0 aliphatic heterocycles. The summed E-state index contributed by atoms with van der Waals surface area (Å²) in [7, 11) is -1.95. The molecule has 0 amide bonds. The molecule has 0 aliphatic rings. The highest BCUT2D eigenvalue weighted by molar-refractivity contribution is 7.92. The first-order valence-corrected chi connectivity index (χ1v) is 10.3. The van der Waals surface area contributed by atoms with E-state index in [1.165, 1.54) is 13.1 Å². The summed E-state index contributed by atoms with van der Waals surface area (Å²) in [6.45, 7) is 2.25. The molecular weight excluding hydrogens is 391 g/mol. The quantitative estimate of drug-likeness (QED) is 0.695. The molecular formula is C19H20F3N3O2S. The number of nitrogens with two attached hydrogens (primary N) is 1. The van der Waals surface area contributed by atoms with Crippen LogP contribution in [0.3, 0.4) is 0 Å². The van der Waals surface area contributed by atoms with Gasteiger partial charge in [-0.1, -0.05) is 18.2 Å². The van der Waals surface area contributed by atoms with Crippen molar-refractivity contribution in [2.75, 3.05) is 23.3 Å². The molecule has 1 heterocycles. The number of hydrogen-bond donors (Lipinski definition) is 1. The van der Waals surface area contributed by atoms with Crippen LogP contribution in [0.25, 0.3) is 22.2 Å². The van der Waals surface area contributed by atoms with Gasteiger partial charge in [-0.2, -0.15) is 13.2 Å². The van der Waals surface area contributed by atoms with E-state index >= 15 is 0 Å². The number of hydrogen-bond acceptors (Lipinski definition) is 3. The number of benzene rings is 2. The normalized spacial score (nSPS) is 12.5. The average Bonchev–Trinajstić information content (AvgIpc) is 2.91. The Morgan fingerprint density at radius 2 is 1.71 bits per heavy atom. The van der Waals surface area contributed by atoms with Crippen molar-refractivity contribution in [1.29, 1.82) is 0 Å². The number of fused-ring (bicyclic) bond motifs is 1. The van der Waals surface area contributed by atoms with Gasteiger partial charge in [-0.05, 0) is 31.2 Å². The lowest BCUT2D eigenvalue weighted by atomic mass is 10.1. The maximum Gasteiger partial charge on any atom is 0.416 e. The Kier molecular flexibility index (Phi) is 4.82. The fraction of sp³-hybridized carbons (Fsp3) is 0.263. The number of nitrogens with zero attached hydrogens (tertiary/aromatic N) is 2. The Bertz CT molecular complexity index is 1130. The zero-order chi connectivity index (χ0) is 20.9. The Morgan fingerprint density at radius 1 is 1.11 bits per heavy atom. The molecule has 150 valence electrons. The van der Waals surface area contributed by atoms with Crippen molar-refractivity contribution in [3.63, 3.8) is 0 Å². The lowest BCUT2D eigenvalue weighted by Crippen LogP contribution is -2.24. The van der Waals surface area contributed by atoms with Gasteiger partial charge < -0.3 is 10.3 Å². The third-order valence-corrected chi connectivity index (χ3v) is 5.95. The zero-order valence-corrected chi connectivity index (χ0v) is 16.4. The summed E-state index contributed by atoms with van der Waals surface area (Å²) in [5.74, 6) is 0. The molecule has 3 rings (SSSR count). The molecule has 0 spiro atoms. The van der Waals surface area contributed by atoms with E-state index < -0.39 is 21.8 Å². The summed E-state index contributed by atoms with van der Waals surface area (Å²) in [6, 6.07) is 10.2. The van der Waals surface area contributed by atoms with E-state index in [9.17, 15) is 21.6 Å². The molecule has 0 unspecified atom stereocenters. The van der Waals surface area contributed by atoms with Gasteiger partial charge in [-0.15, -0.1) is 0 Å². The number of aromatic nitrogens is 1. The highest BCUT2D eigenvalue weighted by Crippen LogP contribution is 2.39. The smallest absolute Gasteiger partial charge is 0.396 e. The zero-order valence-electron chi connectivity index (χ0n) is 15.6. The van der Waals surface area contributed by atoms with Gasteiger partial charge in [0.15, 0.2) is 0 Å². The first-order valence-electron chi connectivity index (χ1n) is 8.48. The van der Waals surface area contributed by atoms with Crippen molar-refractivity contribution >= 4 is 32.3 Å². The van der Waals surface area contributed by atoms with Crippen LogP contribution in [0.5, 0.6) is 0 Å². The van der Waals surface area contributed by atoms with Gasteiger partial charge in [0.1, 0.15) is 0 Å². The summed E-state index contributed by atoms with van der Waals surface area (Å²) in [5.41, 5.74) is 8.09. The second kappa shape index (κ2) is 6.73. The number of sulfonamides is 1. The van der Waals surface area contributed by atoms with Crippen molar-refractivity contribution in [2.45, 2.75) is 19.6 Å². The third kappa shape index (κ3) is 3.42. The largest absolute Gasteiger partial charge is 0.416 e. The number of aryl methyl sites for hydroxylation is 1. The van der Waals surface area contributed by atoms with Crippen LogP contribution in [0, 0.1) is 0 Å². The van der Waals surface area contributed by atoms with Crippen molar-refractivity contribution in [2.24, 2.45) is 0 Å². The maximum absolute atomic E-state index is 13.1. The summed E-state index contributed by atoms with van der Waals surface area (Å²) in [4.78, 5) is 0. The molecule has 0 saturated carbocycles. The van der Waals surface area contributed by atoms with Gasteiger partial charge in [0.25, 0.3) is 0 Å². The molecule has 0 aliphatic carbocycles. The lowest BCUT2D eigenvalue weighted by molar-refractivity contribution is -0.137. The second-order valence-corrected chi connectivity index (χ2v) is 8.53. The van der Waals surface area contributed by atoms with Crippen LogP contribution >= 0.6 is 0 Å². The Morgan fingerprint density at radius 3 is 2.21 bits per heavy atom. The van der Waals surface area contributed by atoms with Gasteiger partial charge >= 0.3 is 6.18 Å². The molecule has 0 atom stereocenters. The molecule has 2 aromatic carbocycles. The lowest BCUT2D eigenvalue weighted by Gasteiger charge is -2.17. The van der Waals surface area contributed by atoms with Crippen LogP contribution in [-0.4, -0.2) is 26.3 Å². The van der Waals surface area contributed by atoms with Crippen molar-refractivity contribution in [3.8, 4) is 11.3 Å². The van der Waals surface area contributed by atoms with E-state index in [2.05, 4.69) is 0 Å². The molecule has 0 radical (unpaired) electrons. The van der Waals surface area contributed by atoms with E-state index in [4.69, 9.17) is 5.73 Å². The first kappa shape index (κ1) is 20.1. The Balaban J connectivity index is 2.16. The third-order valence-electron chi connectivity index (χ3n) is 4.75. The van der Waals surface area contributed by atoms with Crippen LogP contribution in [0.15, 0.2) is 42.5 Å². The van der Waals surface area contributed by atoms with Crippen LogP contribution in [0.2, 0.25) is 0 Å². The van der Waals surface area contributed by atoms with Crippen LogP contribution in [0.4, 0.5) is 24.5 Å². The minimum absolute atomic E-state index is 0.384. The van der Waals surface area contributed by atoms with Crippen LogP contribution in [-0.2, 0) is 22.7 Å². The Labute approximate surface area is 161 Å². The fourth-order valence-electron chi connectivity index (χ4n) is 3.21. The van der Waals surface area contributed by atoms with Gasteiger partial charge in [0, 0.05) is 24.5 Å². The standard InChI is InChI=1S/C19H20F3N3O2S/c1-4-25-16-11-13(19(20,21)22)7-10-15(16)17(23)18(25)12-5-8-14(9-6-12)24(2)28(3,26)27/h5-11H,4,23H2,1-3H3.